The maximum atomic E-state index is 9.96. The van der Waals surface area contributed by atoms with Gasteiger partial charge in [-0.1, -0.05) is 30.7 Å². The van der Waals surface area contributed by atoms with Crippen LogP contribution in [0.2, 0.25) is 5.02 Å². The Morgan fingerprint density at radius 1 is 1.41 bits per heavy atom. The van der Waals surface area contributed by atoms with Crippen molar-refractivity contribution in [2.45, 2.75) is 13.0 Å². The molecule has 1 heterocycles. The molecular formula is C13H18ClNO2. The second-order valence-corrected chi connectivity index (χ2v) is 5.44. The molecule has 0 aromatic heterocycles. The lowest BCUT2D eigenvalue weighted by Crippen LogP contribution is -2.47. The molecule has 1 unspecified atom stereocenters. The highest BCUT2D eigenvalue weighted by molar-refractivity contribution is 6.30. The van der Waals surface area contributed by atoms with Crippen molar-refractivity contribution in [2.75, 3.05) is 26.3 Å². The van der Waals surface area contributed by atoms with Gasteiger partial charge in [0.1, 0.15) is 0 Å². The smallest absolute Gasteiger partial charge is 0.0914 e. The monoisotopic (exact) mass is 255 g/mol. The van der Waals surface area contributed by atoms with E-state index in [1.165, 1.54) is 0 Å². The first-order valence-electron chi connectivity index (χ1n) is 5.81. The van der Waals surface area contributed by atoms with Crippen LogP contribution in [0, 0.1) is 5.41 Å². The van der Waals surface area contributed by atoms with E-state index >= 15 is 0 Å². The van der Waals surface area contributed by atoms with Crippen LogP contribution >= 0.6 is 11.6 Å². The minimum atomic E-state index is -0.489. The first-order valence-corrected chi connectivity index (χ1v) is 6.19. The molecule has 0 spiro atoms. The summed E-state index contributed by atoms with van der Waals surface area (Å²) in [5.74, 6) is 0. The van der Waals surface area contributed by atoms with Crippen molar-refractivity contribution in [1.29, 1.82) is 0 Å². The van der Waals surface area contributed by atoms with Gasteiger partial charge in [-0.05, 0) is 17.7 Å². The van der Waals surface area contributed by atoms with Crippen molar-refractivity contribution >= 4 is 11.6 Å². The number of rotatable bonds is 5. The van der Waals surface area contributed by atoms with Crippen molar-refractivity contribution in [3.63, 3.8) is 0 Å². The van der Waals surface area contributed by atoms with Gasteiger partial charge in [0, 0.05) is 23.5 Å². The zero-order valence-corrected chi connectivity index (χ0v) is 10.7. The van der Waals surface area contributed by atoms with Crippen molar-refractivity contribution in [2.24, 2.45) is 5.41 Å². The van der Waals surface area contributed by atoms with E-state index in [0.717, 1.165) is 25.3 Å². The maximum absolute atomic E-state index is 9.96. The third-order valence-corrected chi connectivity index (χ3v) is 3.30. The largest absolute Gasteiger partial charge is 0.387 e. The fourth-order valence-electron chi connectivity index (χ4n) is 1.87. The standard InChI is InChI=1S/C13H18ClNO2/c1-13(8-17-9-13)7-15-6-12(16)10-2-4-11(14)5-3-10/h2-5,12,15-16H,6-9H2,1H3. The highest BCUT2D eigenvalue weighted by Gasteiger charge is 2.32. The summed E-state index contributed by atoms with van der Waals surface area (Å²) < 4.78 is 5.18. The van der Waals surface area contributed by atoms with E-state index in [-0.39, 0.29) is 5.41 Å². The molecule has 0 radical (unpaired) electrons. The van der Waals surface area contributed by atoms with Gasteiger partial charge in [0.15, 0.2) is 0 Å². The Balaban J connectivity index is 1.77. The molecule has 4 heteroatoms. The maximum Gasteiger partial charge on any atom is 0.0914 e. The van der Waals surface area contributed by atoms with Gasteiger partial charge < -0.3 is 15.2 Å². The van der Waals surface area contributed by atoms with Crippen LogP contribution in [0.1, 0.15) is 18.6 Å². The fourth-order valence-corrected chi connectivity index (χ4v) is 1.99. The van der Waals surface area contributed by atoms with Crippen LogP contribution in [0.15, 0.2) is 24.3 Å². The zero-order chi connectivity index (χ0) is 12.3. The van der Waals surface area contributed by atoms with E-state index in [0.29, 0.717) is 11.6 Å². The Labute approximate surface area is 107 Å². The molecule has 1 atom stereocenters. The predicted molar refractivity (Wildman–Crippen MR) is 68.2 cm³/mol. The Morgan fingerprint density at radius 3 is 2.59 bits per heavy atom. The van der Waals surface area contributed by atoms with Gasteiger partial charge in [0.05, 0.1) is 19.3 Å². The summed E-state index contributed by atoms with van der Waals surface area (Å²) in [6.45, 7) is 5.21. The molecule has 3 nitrogen and oxygen atoms in total. The number of benzene rings is 1. The van der Waals surface area contributed by atoms with Gasteiger partial charge in [0.2, 0.25) is 0 Å². The molecule has 0 saturated carbocycles. The van der Waals surface area contributed by atoms with Gasteiger partial charge in [-0.25, -0.2) is 0 Å². The molecule has 0 aliphatic carbocycles. The lowest BCUT2D eigenvalue weighted by atomic mass is 9.89. The van der Waals surface area contributed by atoms with E-state index in [4.69, 9.17) is 16.3 Å². The number of halogens is 1. The summed E-state index contributed by atoms with van der Waals surface area (Å²) >= 11 is 5.80. The van der Waals surface area contributed by atoms with Crippen LogP contribution in [0.3, 0.4) is 0 Å². The molecule has 17 heavy (non-hydrogen) atoms. The Hall–Kier alpha value is -0.610. The summed E-state index contributed by atoms with van der Waals surface area (Å²) in [6, 6.07) is 7.29. The van der Waals surface area contributed by atoms with E-state index in [1.54, 1.807) is 12.1 Å². The first kappa shape index (κ1) is 12.8. The molecule has 1 aromatic rings. The van der Waals surface area contributed by atoms with E-state index < -0.39 is 6.10 Å². The van der Waals surface area contributed by atoms with Crippen molar-refractivity contribution < 1.29 is 9.84 Å². The number of aliphatic hydroxyl groups excluding tert-OH is 1. The Bertz CT molecular complexity index is 362. The fraction of sp³-hybridized carbons (Fsp3) is 0.538. The van der Waals surface area contributed by atoms with E-state index in [2.05, 4.69) is 12.2 Å². The van der Waals surface area contributed by atoms with Crippen molar-refractivity contribution in [1.82, 2.24) is 5.32 Å². The zero-order valence-electron chi connectivity index (χ0n) is 9.95. The minimum absolute atomic E-state index is 0.236. The lowest BCUT2D eigenvalue weighted by Gasteiger charge is -2.38. The van der Waals surface area contributed by atoms with Crippen LogP contribution in [-0.2, 0) is 4.74 Å². The van der Waals surface area contributed by atoms with Crippen LogP contribution < -0.4 is 5.32 Å². The van der Waals surface area contributed by atoms with E-state index in [1.807, 2.05) is 12.1 Å². The molecule has 0 bridgehead atoms. The average molecular weight is 256 g/mol. The second-order valence-electron chi connectivity index (χ2n) is 5.00. The minimum Gasteiger partial charge on any atom is -0.387 e. The summed E-state index contributed by atoms with van der Waals surface area (Å²) in [6.07, 6.45) is -0.489. The highest BCUT2D eigenvalue weighted by atomic mass is 35.5. The van der Waals surface area contributed by atoms with E-state index in [9.17, 15) is 5.11 Å². The molecule has 1 aromatic carbocycles. The topological polar surface area (TPSA) is 41.5 Å². The van der Waals surface area contributed by atoms with Crippen LogP contribution in [-0.4, -0.2) is 31.4 Å². The predicted octanol–water partition coefficient (Wildman–Crippen LogP) is 2.00. The molecule has 0 amide bonds. The Kier molecular flexibility index (Phi) is 4.05. The second kappa shape index (κ2) is 5.36. The third-order valence-electron chi connectivity index (χ3n) is 3.05. The normalized spacial score (nSPS) is 19.7. The molecular weight excluding hydrogens is 238 g/mol. The van der Waals surface area contributed by atoms with Gasteiger partial charge in [-0.2, -0.15) is 0 Å². The highest BCUT2D eigenvalue weighted by Crippen LogP contribution is 2.25. The molecule has 1 aliphatic rings. The summed E-state index contributed by atoms with van der Waals surface area (Å²) in [5, 5.41) is 13.9. The number of hydrogen-bond donors (Lipinski definition) is 2. The molecule has 94 valence electrons. The van der Waals surface area contributed by atoms with Gasteiger partial charge >= 0.3 is 0 Å². The van der Waals surface area contributed by atoms with Crippen LogP contribution in [0.25, 0.3) is 0 Å². The molecule has 1 aliphatic heterocycles. The van der Waals surface area contributed by atoms with Gasteiger partial charge in [0.25, 0.3) is 0 Å². The number of aliphatic hydroxyl groups is 1. The summed E-state index contributed by atoms with van der Waals surface area (Å²) in [5.41, 5.74) is 1.12. The molecule has 2 rings (SSSR count). The van der Waals surface area contributed by atoms with Crippen molar-refractivity contribution in [3.8, 4) is 0 Å². The average Bonchev–Trinajstić information content (AvgIpc) is 2.27. The first-order chi connectivity index (χ1) is 8.09. The molecule has 2 N–H and O–H groups in total. The summed E-state index contributed by atoms with van der Waals surface area (Å²) in [7, 11) is 0. The third kappa shape index (κ3) is 3.42. The number of nitrogens with one attached hydrogen (secondary N) is 1. The van der Waals surface area contributed by atoms with Gasteiger partial charge in [-0.3, -0.25) is 0 Å². The van der Waals surface area contributed by atoms with Crippen molar-refractivity contribution in [3.05, 3.63) is 34.9 Å². The summed E-state index contributed by atoms with van der Waals surface area (Å²) in [4.78, 5) is 0. The lowest BCUT2D eigenvalue weighted by molar-refractivity contribution is -0.0996. The molecule has 1 fully saturated rings. The number of hydrogen-bond acceptors (Lipinski definition) is 3. The van der Waals surface area contributed by atoms with Gasteiger partial charge in [-0.15, -0.1) is 0 Å². The molecule has 1 saturated heterocycles. The van der Waals surface area contributed by atoms with Crippen LogP contribution in [0.4, 0.5) is 0 Å². The quantitative estimate of drug-likeness (QED) is 0.846. The number of ether oxygens (including phenoxy) is 1. The van der Waals surface area contributed by atoms with Crippen LogP contribution in [0.5, 0.6) is 0 Å². The Morgan fingerprint density at radius 2 is 2.06 bits per heavy atom. The SMILES string of the molecule is CC1(CNCC(O)c2ccc(Cl)cc2)COC1.